The Morgan fingerprint density at radius 2 is 1.41 bits per heavy atom. The van der Waals surface area contributed by atoms with E-state index in [1.165, 1.54) is 33.4 Å². The number of carbonyl (C=O) groups excluding carboxylic acids is 1. The molecule has 0 heterocycles. The molecule has 0 radical (unpaired) electrons. The van der Waals surface area contributed by atoms with Crippen molar-refractivity contribution < 1.29 is 4.79 Å². The molecule has 0 fully saturated rings. The van der Waals surface area contributed by atoms with E-state index in [4.69, 9.17) is 0 Å². The number of ketones is 1. The predicted molar refractivity (Wildman–Crippen MR) is 91.3 cm³/mol. The first-order valence-electron chi connectivity index (χ1n) is 8.21. The summed E-state index contributed by atoms with van der Waals surface area (Å²) < 4.78 is 0. The van der Waals surface area contributed by atoms with E-state index in [1.54, 1.807) is 0 Å². The summed E-state index contributed by atoms with van der Waals surface area (Å²) in [5.74, 6) is 0.329. The van der Waals surface area contributed by atoms with Crippen molar-refractivity contribution in [2.75, 3.05) is 0 Å². The molecule has 0 bridgehead atoms. The summed E-state index contributed by atoms with van der Waals surface area (Å²) >= 11 is 0. The summed E-state index contributed by atoms with van der Waals surface area (Å²) in [4.78, 5) is 12.2. The van der Waals surface area contributed by atoms with Crippen LogP contribution in [0.25, 0.3) is 17.2 Å². The van der Waals surface area contributed by atoms with Gasteiger partial charge in [0.05, 0.1) is 0 Å². The van der Waals surface area contributed by atoms with Crippen molar-refractivity contribution in [2.24, 2.45) is 0 Å². The van der Waals surface area contributed by atoms with Crippen molar-refractivity contribution in [3.05, 3.63) is 64.7 Å². The Kier molecular flexibility index (Phi) is 3.22. The van der Waals surface area contributed by atoms with Crippen molar-refractivity contribution >= 4 is 11.9 Å². The second-order valence-electron chi connectivity index (χ2n) is 6.42. The third-order valence-corrected chi connectivity index (χ3v) is 5.03. The van der Waals surface area contributed by atoms with Crippen molar-refractivity contribution in [3.8, 4) is 11.1 Å². The van der Waals surface area contributed by atoms with Gasteiger partial charge in [-0.2, -0.15) is 0 Å². The molecule has 0 saturated carbocycles. The molecule has 1 nitrogen and oxygen atoms in total. The van der Waals surface area contributed by atoms with Crippen LogP contribution in [0.15, 0.2) is 36.9 Å². The van der Waals surface area contributed by atoms with E-state index in [0.29, 0.717) is 12.2 Å². The third kappa shape index (κ3) is 2.12. The van der Waals surface area contributed by atoms with Crippen molar-refractivity contribution in [2.45, 2.75) is 38.5 Å². The first-order chi connectivity index (χ1) is 10.8. The summed E-state index contributed by atoms with van der Waals surface area (Å²) in [6.07, 6.45) is 7.97. The van der Waals surface area contributed by atoms with E-state index in [0.717, 1.165) is 37.7 Å². The molecule has 0 saturated heterocycles. The Morgan fingerprint density at radius 1 is 0.773 bits per heavy atom. The van der Waals surface area contributed by atoms with Gasteiger partial charge in [0.1, 0.15) is 0 Å². The van der Waals surface area contributed by atoms with Crippen molar-refractivity contribution in [1.82, 2.24) is 0 Å². The maximum Gasteiger partial charge on any atom is 0.163 e. The molecule has 4 rings (SSSR count). The molecule has 0 spiro atoms. The van der Waals surface area contributed by atoms with E-state index < -0.39 is 0 Å². The minimum Gasteiger partial charge on any atom is -0.294 e. The highest BCUT2D eigenvalue weighted by Crippen LogP contribution is 2.36. The Labute approximate surface area is 131 Å². The summed E-state index contributed by atoms with van der Waals surface area (Å²) in [7, 11) is 0. The molecule has 0 aromatic heterocycles. The Balaban J connectivity index is 1.92. The molecule has 0 amide bonds. The SMILES string of the molecule is C=Cc1ccc2c(c1)CCCc1cc3c(cc1-2)CCCC3=O. The number of carbonyl (C=O) groups is 1. The van der Waals surface area contributed by atoms with E-state index in [2.05, 4.69) is 36.9 Å². The summed E-state index contributed by atoms with van der Waals surface area (Å²) in [6.45, 7) is 3.88. The Morgan fingerprint density at radius 3 is 2.18 bits per heavy atom. The Hall–Kier alpha value is -2.15. The molecule has 0 N–H and O–H groups in total. The normalized spacial score (nSPS) is 16.3. The topological polar surface area (TPSA) is 17.1 Å². The van der Waals surface area contributed by atoms with E-state index in [-0.39, 0.29) is 0 Å². The zero-order valence-electron chi connectivity index (χ0n) is 12.8. The second-order valence-corrected chi connectivity index (χ2v) is 6.42. The van der Waals surface area contributed by atoms with Crippen LogP contribution in [-0.2, 0) is 19.3 Å². The quantitative estimate of drug-likeness (QED) is 0.721. The highest BCUT2D eigenvalue weighted by molar-refractivity contribution is 5.99. The van der Waals surface area contributed by atoms with Crippen LogP contribution < -0.4 is 0 Å². The maximum absolute atomic E-state index is 12.2. The lowest BCUT2D eigenvalue weighted by molar-refractivity contribution is 0.0972. The van der Waals surface area contributed by atoms with E-state index in [9.17, 15) is 4.79 Å². The molecule has 2 aromatic carbocycles. The summed E-state index contributed by atoms with van der Waals surface area (Å²) in [6, 6.07) is 11.1. The zero-order chi connectivity index (χ0) is 15.1. The fraction of sp³-hybridized carbons (Fsp3) is 0.286. The number of hydrogen-bond acceptors (Lipinski definition) is 1. The smallest absolute Gasteiger partial charge is 0.163 e. The highest BCUT2D eigenvalue weighted by atomic mass is 16.1. The number of benzene rings is 2. The molecule has 1 heteroatoms. The molecule has 2 aliphatic carbocycles. The van der Waals surface area contributed by atoms with Gasteiger partial charge in [-0.25, -0.2) is 0 Å². The van der Waals surface area contributed by atoms with Gasteiger partial charge in [-0.15, -0.1) is 0 Å². The van der Waals surface area contributed by atoms with Crippen LogP contribution in [0, 0.1) is 0 Å². The van der Waals surface area contributed by atoms with Crippen LogP contribution in [0.5, 0.6) is 0 Å². The van der Waals surface area contributed by atoms with Crippen LogP contribution in [-0.4, -0.2) is 5.78 Å². The van der Waals surface area contributed by atoms with Gasteiger partial charge >= 0.3 is 0 Å². The molecule has 22 heavy (non-hydrogen) atoms. The monoisotopic (exact) mass is 288 g/mol. The molecular formula is C21H20O. The Bertz CT molecular complexity index is 783. The number of hydrogen-bond donors (Lipinski definition) is 0. The zero-order valence-corrected chi connectivity index (χ0v) is 12.8. The predicted octanol–water partition coefficient (Wildman–Crippen LogP) is 5.00. The van der Waals surface area contributed by atoms with Crippen LogP contribution in [0.1, 0.15) is 51.9 Å². The van der Waals surface area contributed by atoms with Gasteiger partial charge in [-0.1, -0.05) is 36.9 Å². The van der Waals surface area contributed by atoms with Gasteiger partial charge in [0, 0.05) is 12.0 Å². The lowest BCUT2D eigenvalue weighted by Gasteiger charge is -2.19. The third-order valence-electron chi connectivity index (χ3n) is 5.03. The number of fused-ring (bicyclic) bond motifs is 4. The molecule has 110 valence electrons. The summed E-state index contributed by atoms with van der Waals surface area (Å²) in [5.41, 5.74) is 8.87. The first-order valence-corrected chi connectivity index (χ1v) is 8.21. The van der Waals surface area contributed by atoms with Crippen LogP contribution in [0.4, 0.5) is 0 Å². The minimum absolute atomic E-state index is 0.329. The van der Waals surface area contributed by atoms with Gasteiger partial charge in [0.25, 0.3) is 0 Å². The molecule has 2 aliphatic rings. The van der Waals surface area contributed by atoms with Gasteiger partial charge < -0.3 is 0 Å². The maximum atomic E-state index is 12.2. The van der Waals surface area contributed by atoms with E-state index >= 15 is 0 Å². The minimum atomic E-state index is 0.329. The number of rotatable bonds is 1. The van der Waals surface area contributed by atoms with Gasteiger partial charge in [0.15, 0.2) is 5.78 Å². The largest absolute Gasteiger partial charge is 0.294 e. The lowest BCUT2D eigenvalue weighted by Crippen LogP contribution is -2.11. The molecule has 2 aromatic rings. The van der Waals surface area contributed by atoms with Crippen LogP contribution >= 0.6 is 0 Å². The van der Waals surface area contributed by atoms with Crippen molar-refractivity contribution in [1.29, 1.82) is 0 Å². The van der Waals surface area contributed by atoms with Crippen LogP contribution in [0.2, 0.25) is 0 Å². The summed E-state index contributed by atoms with van der Waals surface area (Å²) in [5, 5.41) is 0. The molecule has 0 unspecified atom stereocenters. The van der Waals surface area contributed by atoms with Crippen molar-refractivity contribution in [3.63, 3.8) is 0 Å². The fourth-order valence-electron chi connectivity index (χ4n) is 3.87. The van der Waals surface area contributed by atoms with Crippen LogP contribution in [0.3, 0.4) is 0 Å². The van der Waals surface area contributed by atoms with E-state index in [1.807, 2.05) is 6.08 Å². The average Bonchev–Trinajstić information content (AvgIpc) is 2.72. The molecule has 0 aliphatic heterocycles. The lowest BCUT2D eigenvalue weighted by atomic mass is 9.85. The highest BCUT2D eigenvalue weighted by Gasteiger charge is 2.22. The van der Waals surface area contributed by atoms with Gasteiger partial charge in [-0.05, 0) is 71.6 Å². The van der Waals surface area contributed by atoms with Gasteiger partial charge in [-0.3, -0.25) is 4.79 Å². The fourth-order valence-corrected chi connectivity index (χ4v) is 3.87. The molecule has 0 atom stereocenters. The standard InChI is InChI=1S/C21H20O/c1-2-14-9-10-18-15(11-14)5-3-6-16-13-20-17(12-19(16)18)7-4-8-21(20)22/h2,9-13H,1,3-8H2. The first kappa shape index (κ1) is 13.5. The van der Waals surface area contributed by atoms with Gasteiger partial charge in [0.2, 0.25) is 0 Å². The number of aryl methyl sites for hydroxylation is 3. The average molecular weight is 288 g/mol. The number of Topliss-reactive ketones (excluding diaryl/α,β-unsaturated/α-hetero) is 1. The second kappa shape index (κ2) is 5.24. The molecular weight excluding hydrogens is 268 g/mol.